The summed E-state index contributed by atoms with van der Waals surface area (Å²) in [5.41, 5.74) is 0.528. The summed E-state index contributed by atoms with van der Waals surface area (Å²) >= 11 is 2.04. The summed E-state index contributed by atoms with van der Waals surface area (Å²) in [4.78, 5) is 10.9. The SMILES string of the molecule is CC(=O)CCc1cc(OCCNI)ccc1F. The van der Waals surface area contributed by atoms with Crippen molar-refractivity contribution in [1.82, 2.24) is 3.53 Å². The molecule has 1 rings (SSSR count). The van der Waals surface area contributed by atoms with E-state index in [2.05, 4.69) is 3.53 Å². The molecule has 0 aliphatic rings. The zero-order valence-electron chi connectivity index (χ0n) is 9.63. The van der Waals surface area contributed by atoms with Crippen LogP contribution in [0.2, 0.25) is 0 Å². The summed E-state index contributed by atoms with van der Waals surface area (Å²) < 4.78 is 21.8. The van der Waals surface area contributed by atoms with Gasteiger partial charge >= 0.3 is 0 Å². The van der Waals surface area contributed by atoms with Gasteiger partial charge in [-0.05, 0) is 37.1 Å². The highest BCUT2D eigenvalue weighted by Gasteiger charge is 2.05. The number of carbonyl (C=O) groups is 1. The Balaban J connectivity index is 2.62. The zero-order chi connectivity index (χ0) is 12.7. The number of carbonyl (C=O) groups excluding carboxylic acids is 1. The minimum atomic E-state index is -0.286. The normalized spacial score (nSPS) is 10.3. The van der Waals surface area contributed by atoms with E-state index in [4.69, 9.17) is 4.74 Å². The lowest BCUT2D eigenvalue weighted by atomic mass is 10.1. The Labute approximate surface area is 114 Å². The second kappa shape index (κ2) is 7.60. The Morgan fingerprint density at radius 3 is 2.94 bits per heavy atom. The van der Waals surface area contributed by atoms with Crippen LogP contribution in [0.5, 0.6) is 5.75 Å². The van der Waals surface area contributed by atoms with E-state index in [1.165, 1.54) is 13.0 Å². The van der Waals surface area contributed by atoms with Gasteiger partial charge in [-0.15, -0.1) is 0 Å². The van der Waals surface area contributed by atoms with Gasteiger partial charge < -0.3 is 9.53 Å². The van der Waals surface area contributed by atoms with Crippen molar-refractivity contribution < 1.29 is 13.9 Å². The van der Waals surface area contributed by atoms with Crippen LogP contribution in [0, 0.1) is 5.82 Å². The van der Waals surface area contributed by atoms with E-state index in [1.54, 1.807) is 12.1 Å². The van der Waals surface area contributed by atoms with E-state index >= 15 is 0 Å². The van der Waals surface area contributed by atoms with Crippen molar-refractivity contribution in [1.29, 1.82) is 0 Å². The third kappa shape index (κ3) is 5.45. The zero-order valence-corrected chi connectivity index (χ0v) is 11.8. The molecular weight excluding hydrogens is 336 g/mol. The summed E-state index contributed by atoms with van der Waals surface area (Å²) in [5.74, 6) is 0.409. The van der Waals surface area contributed by atoms with E-state index in [0.29, 0.717) is 30.8 Å². The summed E-state index contributed by atoms with van der Waals surface area (Å²) in [6, 6.07) is 4.63. The van der Waals surface area contributed by atoms with E-state index < -0.39 is 0 Å². The average Bonchev–Trinajstić information content (AvgIpc) is 2.29. The third-order valence-corrected chi connectivity index (χ3v) is 2.77. The first-order valence-corrected chi connectivity index (χ1v) is 6.45. The number of ether oxygens (including phenoxy) is 1. The molecule has 0 heterocycles. The maximum Gasteiger partial charge on any atom is 0.130 e. The van der Waals surface area contributed by atoms with Crippen molar-refractivity contribution in [3.63, 3.8) is 0 Å². The molecule has 0 fully saturated rings. The van der Waals surface area contributed by atoms with Crippen LogP contribution in [0.1, 0.15) is 18.9 Å². The van der Waals surface area contributed by atoms with Crippen LogP contribution in [0.25, 0.3) is 0 Å². The molecule has 94 valence electrons. The van der Waals surface area contributed by atoms with Crippen LogP contribution in [-0.4, -0.2) is 18.9 Å². The number of aryl methyl sites for hydroxylation is 1. The summed E-state index contributed by atoms with van der Waals surface area (Å²) in [5, 5.41) is 0. The van der Waals surface area contributed by atoms with E-state index in [-0.39, 0.29) is 11.6 Å². The van der Waals surface area contributed by atoms with Crippen LogP contribution in [0.4, 0.5) is 4.39 Å². The predicted octanol–water partition coefficient (Wildman–Crippen LogP) is 2.67. The molecule has 0 radical (unpaired) electrons. The van der Waals surface area contributed by atoms with Gasteiger partial charge in [0.05, 0.1) is 0 Å². The van der Waals surface area contributed by atoms with Gasteiger partial charge in [-0.1, -0.05) is 0 Å². The number of hydrogen-bond donors (Lipinski definition) is 1. The molecule has 0 atom stereocenters. The minimum absolute atomic E-state index is 0.0600. The third-order valence-electron chi connectivity index (χ3n) is 2.23. The molecule has 0 aliphatic carbocycles. The second-order valence-corrected chi connectivity index (χ2v) is 4.45. The fourth-order valence-corrected chi connectivity index (χ4v) is 1.57. The standard InChI is InChI=1S/C12H15FINO2/c1-9(16)2-3-10-8-11(4-5-12(10)13)17-7-6-15-14/h4-5,8,15H,2-3,6-7H2,1H3. The Morgan fingerprint density at radius 2 is 2.29 bits per heavy atom. The van der Waals surface area contributed by atoms with E-state index in [9.17, 15) is 9.18 Å². The lowest BCUT2D eigenvalue weighted by molar-refractivity contribution is -0.116. The lowest BCUT2D eigenvalue weighted by Gasteiger charge is -2.08. The Hall–Kier alpha value is -0.690. The highest BCUT2D eigenvalue weighted by atomic mass is 127. The molecule has 5 heteroatoms. The molecule has 1 aromatic carbocycles. The predicted molar refractivity (Wildman–Crippen MR) is 72.9 cm³/mol. The van der Waals surface area contributed by atoms with Crippen molar-refractivity contribution >= 4 is 28.6 Å². The van der Waals surface area contributed by atoms with Gasteiger partial charge in [0.15, 0.2) is 0 Å². The molecule has 0 amide bonds. The second-order valence-electron chi connectivity index (χ2n) is 3.69. The Morgan fingerprint density at radius 1 is 1.53 bits per heavy atom. The monoisotopic (exact) mass is 351 g/mol. The molecule has 0 unspecified atom stereocenters. The number of hydrogen-bond acceptors (Lipinski definition) is 3. The van der Waals surface area contributed by atoms with Gasteiger partial charge in [0.25, 0.3) is 0 Å². The maximum atomic E-state index is 13.4. The van der Waals surface area contributed by atoms with Crippen LogP contribution in [0.15, 0.2) is 18.2 Å². The fourth-order valence-electron chi connectivity index (χ4n) is 1.35. The van der Waals surface area contributed by atoms with Crippen molar-refractivity contribution in [3.05, 3.63) is 29.6 Å². The van der Waals surface area contributed by atoms with Gasteiger partial charge in [0, 0.05) is 35.8 Å². The first-order chi connectivity index (χ1) is 8.13. The lowest BCUT2D eigenvalue weighted by Crippen LogP contribution is -2.11. The summed E-state index contributed by atoms with van der Waals surface area (Å²) in [6.07, 6.45) is 0.776. The maximum absolute atomic E-state index is 13.4. The molecule has 0 saturated carbocycles. The number of benzene rings is 1. The minimum Gasteiger partial charge on any atom is -0.492 e. The molecule has 0 bridgehead atoms. The van der Waals surface area contributed by atoms with Crippen LogP contribution < -0.4 is 8.27 Å². The van der Waals surface area contributed by atoms with Crippen LogP contribution in [-0.2, 0) is 11.2 Å². The molecular formula is C12H15FINO2. The van der Waals surface area contributed by atoms with Crippen LogP contribution >= 0.6 is 22.9 Å². The van der Waals surface area contributed by atoms with E-state index in [1.807, 2.05) is 22.9 Å². The number of nitrogens with one attached hydrogen (secondary N) is 1. The quantitative estimate of drug-likeness (QED) is 0.466. The van der Waals surface area contributed by atoms with Gasteiger partial charge in [-0.2, -0.15) is 0 Å². The van der Waals surface area contributed by atoms with Gasteiger partial charge in [0.1, 0.15) is 24.0 Å². The number of Topliss-reactive ketones (excluding diaryl/α,β-unsaturated/α-hetero) is 1. The molecule has 0 saturated heterocycles. The smallest absolute Gasteiger partial charge is 0.130 e. The molecule has 17 heavy (non-hydrogen) atoms. The van der Waals surface area contributed by atoms with Gasteiger partial charge in [0.2, 0.25) is 0 Å². The largest absolute Gasteiger partial charge is 0.492 e. The van der Waals surface area contributed by atoms with E-state index in [0.717, 1.165) is 6.54 Å². The molecule has 1 N–H and O–H groups in total. The van der Waals surface area contributed by atoms with Crippen molar-refractivity contribution in [2.45, 2.75) is 19.8 Å². The molecule has 0 spiro atoms. The van der Waals surface area contributed by atoms with Crippen molar-refractivity contribution in [2.24, 2.45) is 0 Å². The molecule has 0 aliphatic heterocycles. The Bertz CT molecular complexity index is 385. The van der Waals surface area contributed by atoms with Crippen molar-refractivity contribution in [2.75, 3.05) is 13.2 Å². The molecule has 0 aromatic heterocycles. The van der Waals surface area contributed by atoms with Gasteiger partial charge in [-0.3, -0.25) is 3.53 Å². The van der Waals surface area contributed by atoms with Crippen LogP contribution in [0.3, 0.4) is 0 Å². The number of rotatable bonds is 7. The highest BCUT2D eigenvalue weighted by Crippen LogP contribution is 2.18. The fraction of sp³-hybridized carbons (Fsp3) is 0.417. The first-order valence-electron chi connectivity index (χ1n) is 5.37. The molecule has 1 aromatic rings. The topological polar surface area (TPSA) is 38.3 Å². The average molecular weight is 351 g/mol. The first kappa shape index (κ1) is 14.4. The van der Waals surface area contributed by atoms with Crippen molar-refractivity contribution in [3.8, 4) is 5.75 Å². The Kier molecular flexibility index (Phi) is 6.43. The van der Waals surface area contributed by atoms with Gasteiger partial charge in [-0.25, -0.2) is 4.39 Å². The molecule has 3 nitrogen and oxygen atoms in total. The summed E-state index contributed by atoms with van der Waals surface area (Å²) in [7, 11) is 0. The number of halogens is 2. The highest BCUT2D eigenvalue weighted by molar-refractivity contribution is 14.1. The summed E-state index contributed by atoms with van der Waals surface area (Å²) in [6.45, 7) is 2.76. The number of ketones is 1.